The lowest BCUT2D eigenvalue weighted by Crippen LogP contribution is -2.27. The third kappa shape index (κ3) is 3.80. The predicted molar refractivity (Wildman–Crippen MR) is 79.5 cm³/mol. The number of alkyl halides is 1. The Hall–Kier alpha value is -0.870. The lowest BCUT2D eigenvalue weighted by atomic mass is 10.1. The zero-order chi connectivity index (χ0) is 13.7. The number of carbonyl (C=O) groups is 1. The van der Waals surface area contributed by atoms with E-state index < -0.39 is 0 Å². The molecule has 1 aromatic rings. The molecule has 0 N–H and O–H groups in total. The minimum Gasteiger partial charge on any atom is -0.372 e. The number of hydrogen-bond donors (Lipinski definition) is 0. The van der Waals surface area contributed by atoms with Crippen LogP contribution in [0.15, 0.2) is 18.2 Å². The summed E-state index contributed by atoms with van der Waals surface area (Å²) in [4.78, 5) is 14.1. The maximum atomic E-state index is 12.3. The molecule has 0 fully saturated rings. The first kappa shape index (κ1) is 14.5. The van der Waals surface area contributed by atoms with Gasteiger partial charge in [-0.3, -0.25) is 4.79 Å². The molecule has 1 aliphatic rings. The van der Waals surface area contributed by atoms with Gasteiger partial charge in [-0.05, 0) is 36.1 Å². The van der Waals surface area contributed by atoms with Crippen LogP contribution in [-0.2, 0) is 18.0 Å². The van der Waals surface area contributed by atoms with Crippen molar-refractivity contribution in [2.45, 2.75) is 32.5 Å². The Bertz CT molecular complexity index is 448. The van der Waals surface area contributed by atoms with Crippen molar-refractivity contribution < 1.29 is 9.53 Å². The first-order valence-corrected chi connectivity index (χ1v) is 7.85. The molecule has 0 saturated heterocycles. The normalized spacial score (nSPS) is 13.4. The van der Waals surface area contributed by atoms with E-state index in [0.29, 0.717) is 13.2 Å². The number of ether oxygens (including phenoxy) is 1. The van der Waals surface area contributed by atoms with E-state index in [1.54, 1.807) is 0 Å². The number of benzene rings is 1. The molecule has 0 atom stereocenters. The SMILES string of the molecule is CN(CCCCCBr)C(=O)c1ccc2c(c1)COC2. The highest BCUT2D eigenvalue weighted by atomic mass is 79.9. The Labute approximate surface area is 123 Å². The first-order chi connectivity index (χ1) is 9.22. The molecule has 0 unspecified atom stereocenters. The van der Waals surface area contributed by atoms with Crippen LogP contribution in [0.3, 0.4) is 0 Å². The van der Waals surface area contributed by atoms with E-state index in [2.05, 4.69) is 15.9 Å². The van der Waals surface area contributed by atoms with Crippen molar-refractivity contribution in [3.05, 3.63) is 34.9 Å². The topological polar surface area (TPSA) is 29.5 Å². The van der Waals surface area contributed by atoms with Crippen molar-refractivity contribution in [3.63, 3.8) is 0 Å². The van der Waals surface area contributed by atoms with Crippen LogP contribution < -0.4 is 0 Å². The summed E-state index contributed by atoms with van der Waals surface area (Å²) in [6.07, 6.45) is 3.38. The molecule has 1 aliphatic heterocycles. The Balaban J connectivity index is 1.91. The zero-order valence-electron chi connectivity index (χ0n) is 11.3. The molecule has 0 aromatic heterocycles. The second kappa shape index (κ2) is 7.06. The van der Waals surface area contributed by atoms with Gasteiger partial charge in [-0.15, -0.1) is 0 Å². The molecule has 1 amide bonds. The molecule has 2 rings (SSSR count). The average molecular weight is 326 g/mol. The molecule has 0 aliphatic carbocycles. The third-order valence-electron chi connectivity index (χ3n) is 3.44. The fourth-order valence-corrected chi connectivity index (χ4v) is 2.64. The highest BCUT2D eigenvalue weighted by Gasteiger charge is 2.16. The van der Waals surface area contributed by atoms with Crippen LogP contribution in [0.5, 0.6) is 0 Å². The average Bonchev–Trinajstić information content (AvgIpc) is 2.89. The van der Waals surface area contributed by atoms with Crippen LogP contribution in [0.2, 0.25) is 0 Å². The Morgan fingerprint density at radius 2 is 2.05 bits per heavy atom. The van der Waals surface area contributed by atoms with Gasteiger partial charge in [0.25, 0.3) is 5.91 Å². The summed E-state index contributed by atoms with van der Waals surface area (Å²) in [7, 11) is 1.88. The van der Waals surface area contributed by atoms with Gasteiger partial charge in [-0.2, -0.15) is 0 Å². The Morgan fingerprint density at radius 3 is 2.84 bits per heavy atom. The molecule has 104 valence electrons. The summed E-state index contributed by atoms with van der Waals surface area (Å²) in [5, 5.41) is 1.04. The maximum Gasteiger partial charge on any atom is 0.253 e. The number of hydrogen-bond acceptors (Lipinski definition) is 2. The van der Waals surface area contributed by atoms with Crippen LogP contribution in [0.4, 0.5) is 0 Å². The van der Waals surface area contributed by atoms with Crippen molar-refractivity contribution in [2.75, 3.05) is 18.9 Å². The molecular weight excluding hydrogens is 306 g/mol. The zero-order valence-corrected chi connectivity index (χ0v) is 12.9. The Kier molecular flexibility index (Phi) is 5.40. The van der Waals surface area contributed by atoms with Crippen LogP contribution in [0.25, 0.3) is 0 Å². The van der Waals surface area contributed by atoms with Crippen molar-refractivity contribution in [1.29, 1.82) is 0 Å². The van der Waals surface area contributed by atoms with Crippen molar-refractivity contribution in [1.82, 2.24) is 4.90 Å². The number of halogens is 1. The van der Waals surface area contributed by atoms with Crippen LogP contribution in [0, 0.1) is 0 Å². The van der Waals surface area contributed by atoms with E-state index in [-0.39, 0.29) is 5.91 Å². The second-order valence-electron chi connectivity index (χ2n) is 4.95. The van der Waals surface area contributed by atoms with Crippen LogP contribution in [-0.4, -0.2) is 29.7 Å². The molecular formula is C15H20BrNO2. The first-order valence-electron chi connectivity index (χ1n) is 6.73. The molecule has 0 radical (unpaired) electrons. The van der Waals surface area contributed by atoms with Crippen molar-refractivity contribution in [3.8, 4) is 0 Å². The van der Waals surface area contributed by atoms with Crippen LogP contribution >= 0.6 is 15.9 Å². The third-order valence-corrected chi connectivity index (χ3v) is 4.00. The minimum absolute atomic E-state index is 0.105. The molecule has 19 heavy (non-hydrogen) atoms. The number of nitrogens with zero attached hydrogens (tertiary/aromatic N) is 1. The Morgan fingerprint density at radius 1 is 1.26 bits per heavy atom. The lowest BCUT2D eigenvalue weighted by Gasteiger charge is -2.17. The molecule has 1 aromatic carbocycles. The smallest absolute Gasteiger partial charge is 0.253 e. The summed E-state index contributed by atoms with van der Waals surface area (Å²) in [6, 6.07) is 5.89. The van der Waals surface area contributed by atoms with Gasteiger partial charge in [-0.1, -0.05) is 28.4 Å². The molecule has 4 heteroatoms. The van der Waals surface area contributed by atoms with Gasteiger partial charge in [-0.25, -0.2) is 0 Å². The highest BCUT2D eigenvalue weighted by Crippen LogP contribution is 2.21. The van der Waals surface area contributed by atoms with E-state index >= 15 is 0 Å². The molecule has 0 bridgehead atoms. The second-order valence-corrected chi connectivity index (χ2v) is 5.75. The number of unbranched alkanes of at least 4 members (excludes halogenated alkanes) is 2. The van der Waals surface area contributed by atoms with E-state index in [9.17, 15) is 4.79 Å². The van der Waals surface area contributed by atoms with Crippen LogP contribution in [0.1, 0.15) is 40.7 Å². The monoisotopic (exact) mass is 325 g/mol. The van der Waals surface area contributed by atoms with Crippen molar-refractivity contribution in [2.24, 2.45) is 0 Å². The predicted octanol–water partition coefficient (Wildman–Crippen LogP) is 3.35. The van der Waals surface area contributed by atoms with Gasteiger partial charge < -0.3 is 9.64 Å². The van der Waals surface area contributed by atoms with Gasteiger partial charge in [0.15, 0.2) is 0 Å². The van der Waals surface area contributed by atoms with Gasteiger partial charge >= 0.3 is 0 Å². The fraction of sp³-hybridized carbons (Fsp3) is 0.533. The largest absolute Gasteiger partial charge is 0.372 e. The van der Waals surface area contributed by atoms with Gasteiger partial charge in [0, 0.05) is 24.5 Å². The summed E-state index contributed by atoms with van der Waals surface area (Å²) in [5.41, 5.74) is 3.13. The van der Waals surface area contributed by atoms with E-state index in [0.717, 1.165) is 42.3 Å². The van der Waals surface area contributed by atoms with E-state index in [1.165, 1.54) is 5.56 Å². The summed E-state index contributed by atoms with van der Waals surface area (Å²) in [5.74, 6) is 0.105. The van der Waals surface area contributed by atoms with Gasteiger partial charge in [0.05, 0.1) is 13.2 Å². The fourth-order valence-electron chi connectivity index (χ4n) is 2.25. The molecule has 3 nitrogen and oxygen atoms in total. The van der Waals surface area contributed by atoms with Gasteiger partial charge in [0.1, 0.15) is 0 Å². The van der Waals surface area contributed by atoms with E-state index in [4.69, 9.17) is 4.74 Å². The minimum atomic E-state index is 0.105. The number of amides is 1. The molecule has 1 heterocycles. The number of rotatable bonds is 6. The molecule has 0 spiro atoms. The maximum absolute atomic E-state index is 12.3. The summed E-state index contributed by atoms with van der Waals surface area (Å²) < 4.78 is 5.37. The standard InChI is InChI=1S/C15H20BrNO2/c1-17(8-4-2-3-7-16)15(18)12-5-6-13-10-19-11-14(13)9-12/h5-6,9H,2-4,7-8,10-11H2,1H3. The number of carbonyl (C=O) groups excluding carboxylic acids is 1. The molecule has 0 saturated carbocycles. The lowest BCUT2D eigenvalue weighted by molar-refractivity contribution is 0.0792. The number of fused-ring (bicyclic) bond motifs is 1. The van der Waals surface area contributed by atoms with Crippen molar-refractivity contribution >= 4 is 21.8 Å². The van der Waals surface area contributed by atoms with Gasteiger partial charge in [0.2, 0.25) is 0 Å². The summed E-state index contributed by atoms with van der Waals surface area (Å²) >= 11 is 3.42. The highest BCUT2D eigenvalue weighted by molar-refractivity contribution is 9.09. The van der Waals surface area contributed by atoms with E-state index in [1.807, 2.05) is 30.1 Å². The summed E-state index contributed by atoms with van der Waals surface area (Å²) in [6.45, 7) is 2.12. The quantitative estimate of drug-likeness (QED) is 0.593.